The highest BCUT2D eigenvalue weighted by Crippen LogP contribution is 2.76. The number of allylic oxidation sites excluding steroid dienone is 2. The highest BCUT2D eigenvalue weighted by Gasteiger charge is 2.72. The summed E-state index contributed by atoms with van der Waals surface area (Å²) in [6, 6.07) is 0. The second-order valence-corrected chi connectivity index (χ2v) is 28.3. The van der Waals surface area contributed by atoms with Crippen molar-refractivity contribution in [3.8, 4) is 0 Å². The van der Waals surface area contributed by atoms with Gasteiger partial charge in [-0.1, -0.05) is 60.1 Å². The minimum Gasteiger partial charge on any atom is -0.479 e. The van der Waals surface area contributed by atoms with Crippen LogP contribution in [-0.2, 0) is 57.0 Å². The monoisotopic (exact) mass is 1220 g/mol. The second kappa shape index (κ2) is 23.8. The lowest BCUT2D eigenvalue weighted by Gasteiger charge is -2.71. The Bertz CT molecular complexity index is 2430. The highest BCUT2D eigenvalue weighted by atomic mass is 16.8. The summed E-state index contributed by atoms with van der Waals surface area (Å²) in [7, 11) is 0. The molecule has 9 fully saturated rings. The summed E-state index contributed by atoms with van der Waals surface area (Å²) in [4.78, 5) is 27.5. The largest absolute Gasteiger partial charge is 0.479 e. The number of ether oxygens (including phenoxy) is 10. The summed E-state index contributed by atoms with van der Waals surface area (Å²) >= 11 is 0. The molecule has 27 nitrogen and oxygen atoms in total. The number of aliphatic carboxylic acids is 1. The molecular formula is C58H92O27. The molecule has 0 aromatic carbocycles. The predicted molar refractivity (Wildman–Crippen MR) is 284 cm³/mol. The molecule has 0 unspecified atom stereocenters. The molecule has 0 amide bonds. The topological polar surface area (TPSA) is 430 Å². The first-order chi connectivity index (χ1) is 39.7. The number of carboxylic acid groups (broad SMARTS) is 1. The number of carboxylic acids is 1. The summed E-state index contributed by atoms with van der Waals surface area (Å²) < 4.78 is 59.9. The molecule has 10 rings (SSSR count). The molecule has 27 heteroatoms. The summed E-state index contributed by atoms with van der Waals surface area (Å²) in [5, 5.41) is 163. The lowest BCUT2D eigenvalue weighted by Crippen LogP contribution is -2.68. The summed E-state index contributed by atoms with van der Waals surface area (Å²) in [5.74, 6) is -2.78. The predicted octanol–water partition coefficient (Wildman–Crippen LogP) is -2.84. The van der Waals surface area contributed by atoms with Gasteiger partial charge in [0.05, 0.1) is 38.1 Å². The van der Waals surface area contributed by atoms with Gasteiger partial charge in [-0.2, -0.15) is 0 Å². The van der Waals surface area contributed by atoms with Gasteiger partial charge in [0.25, 0.3) is 0 Å². The van der Waals surface area contributed by atoms with Gasteiger partial charge in [0.1, 0.15) is 97.0 Å². The molecule has 5 heterocycles. The Morgan fingerprint density at radius 2 is 1.16 bits per heavy atom. The smallest absolute Gasteiger partial charge is 0.335 e. The standard InChI is InChI=1S/C58H92O27/c1-22-42(81-47-38(69)32(63)25(60)20-76-47)43(82-48-39(70)35(66)34(65)27(19-59)79-48)41(72)50(78-22)84-45-33(64)26(61)21-77-51(45)85-52(75)58-16-15-53(2,3)17-24(58)23-9-10-29-55(6)13-12-31(80-49-40(71)36(67)37(68)44(83-49)46(73)74)54(4,5)28(55)11-14-56(29,7)57(23,8)18-30(58)62/h9,22,24-45,47-51,59-72H,10-21H2,1-8H3,(H,73,74)/t22-,24-,25+,26+,27+,28-,29+,30+,31-,32-,33-,34+,35-,36-,37-,38+,39+,40+,41+,42-,43-,44-,45+,47-,48-,49+,50-,51-,55-,56+,57+,58+/m0/s1. The van der Waals surface area contributed by atoms with Crippen molar-refractivity contribution in [3.63, 3.8) is 0 Å². The van der Waals surface area contributed by atoms with Gasteiger partial charge in [0, 0.05) is 0 Å². The van der Waals surface area contributed by atoms with Gasteiger partial charge in [-0.25, -0.2) is 4.79 Å². The Hall–Kier alpha value is -2.24. The third kappa shape index (κ3) is 10.9. The molecular weight excluding hydrogens is 1130 g/mol. The van der Waals surface area contributed by atoms with Crippen LogP contribution in [0.5, 0.6) is 0 Å². The van der Waals surface area contributed by atoms with Gasteiger partial charge in [-0.3, -0.25) is 4.79 Å². The zero-order chi connectivity index (χ0) is 62.2. The van der Waals surface area contributed by atoms with Crippen LogP contribution >= 0.6 is 0 Å². The van der Waals surface area contributed by atoms with Crippen LogP contribution < -0.4 is 0 Å². The van der Waals surface area contributed by atoms with E-state index in [-0.39, 0.29) is 35.5 Å². The zero-order valence-electron chi connectivity index (χ0n) is 49.3. The van der Waals surface area contributed by atoms with Crippen LogP contribution in [0.1, 0.15) is 113 Å². The molecule has 5 saturated heterocycles. The summed E-state index contributed by atoms with van der Waals surface area (Å²) in [6.45, 7) is 14.8. The molecule has 5 aliphatic carbocycles. The highest BCUT2D eigenvalue weighted by molar-refractivity contribution is 5.80. The molecule has 486 valence electrons. The van der Waals surface area contributed by atoms with Crippen LogP contribution in [-0.4, -0.2) is 262 Å². The third-order valence-corrected chi connectivity index (χ3v) is 22.7. The number of fused-ring (bicyclic) bond motifs is 7. The summed E-state index contributed by atoms with van der Waals surface area (Å²) in [6.07, 6.45) is -35.0. The van der Waals surface area contributed by atoms with E-state index in [1.165, 1.54) is 6.92 Å². The number of esters is 1. The van der Waals surface area contributed by atoms with Crippen LogP contribution in [0.2, 0.25) is 0 Å². The van der Waals surface area contributed by atoms with Gasteiger partial charge in [-0.05, 0) is 110 Å². The Morgan fingerprint density at radius 3 is 1.82 bits per heavy atom. The maximum Gasteiger partial charge on any atom is 0.335 e. The Morgan fingerprint density at radius 1 is 0.576 bits per heavy atom. The van der Waals surface area contributed by atoms with Crippen molar-refractivity contribution in [2.24, 2.45) is 50.2 Å². The molecule has 0 spiro atoms. The van der Waals surface area contributed by atoms with Crippen LogP contribution in [0.3, 0.4) is 0 Å². The van der Waals surface area contributed by atoms with Gasteiger partial charge in [-0.15, -0.1) is 0 Å². The number of carbonyl (C=O) groups excluding carboxylic acids is 1. The van der Waals surface area contributed by atoms with Crippen molar-refractivity contribution in [2.45, 2.75) is 267 Å². The average Bonchev–Trinajstić information content (AvgIpc) is 0.734. The van der Waals surface area contributed by atoms with E-state index >= 15 is 4.79 Å². The normalized spacial score (nSPS) is 54.1. The van der Waals surface area contributed by atoms with Crippen molar-refractivity contribution in [2.75, 3.05) is 19.8 Å². The minimum atomic E-state index is -2.06. The maximum atomic E-state index is 15.6. The fourth-order valence-electron chi connectivity index (χ4n) is 17.5. The lowest BCUT2D eigenvalue weighted by molar-refractivity contribution is -0.392. The van der Waals surface area contributed by atoms with Gasteiger partial charge in [0.15, 0.2) is 37.4 Å². The molecule has 4 saturated carbocycles. The molecule has 0 aromatic heterocycles. The first kappa shape index (κ1) is 65.7. The number of aliphatic hydroxyl groups excluding tert-OH is 14. The van der Waals surface area contributed by atoms with E-state index in [0.29, 0.717) is 32.1 Å². The van der Waals surface area contributed by atoms with Crippen molar-refractivity contribution < 1.29 is 134 Å². The third-order valence-electron chi connectivity index (χ3n) is 22.7. The Kier molecular flexibility index (Phi) is 18.4. The fourth-order valence-corrected chi connectivity index (χ4v) is 17.5. The molecule has 32 atom stereocenters. The van der Waals surface area contributed by atoms with E-state index < -0.39 is 213 Å². The molecule has 5 aliphatic heterocycles. The zero-order valence-corrected chi connectivity index (χ0v) is 49.3. The molecule has 0 aromatic rings. The minimum absolute atomic E-state index is 0.0487. The van der Waals surface area contributed by atoms with E-state index in [1.807, 2.05) is 0 Å². The van der Waals surface area contributed by atoms with E-state index in [0.717, 1.165) is 18.4 Å². The van der Waals surface area contributed by atoms with Gasteiger partial charge < -0.3 is 124 Å². The van der Waals surface area contributed by atoms with E-state index in [2.05, 4.69) is 54.5 Å². The van der Waals surface area contributed by atoms with Gasteiger partial charge in [0.2, 0.25) is 6.29 Å². The Balaban J connectivity index is 0.903. The average molecular weight is 1220 g/mol. The molecule has 10 aliphatic rings. The Labute approximate surface area is 492 Å². The van der Waals surface area contributed by atoms with Crippen LogP contribution in [0.25, 0.3) is 0 Å². The van der Waals surface area contributed by atoms with E-state index in [9.17, 15) is 81.4 Å². The molecule has 0 radical (unpaired) electrons. The molecule has 0 bridgehead atoms. The van der Waals surface area contributed by atoms with Crippen molar-refractivity contribution in [1.82, 2.24) is 0 Å². The maximum absolute atomic E-state index is 15.6. The lowest BCUT2D eigenvalue weighted by atomic mass is 9.33. The van der Waals surface area contributed by atoms with E-state index in [4.69, 9.17) is 47.4 Å². The van der Waals surface area contributed by atoms with Gasteiger partial charge >= 0.3 is 11.9 Å². The molecule has 15 N–H and O–H groups in total. The van der Waals surface area contributed by atoms with Crippen LogP contribution in [0, 0.1) is 50.2 Å². The fraction of sp³-hybridized carbons (Fsp3) is 0.931. The number of carbonyl (C=O) groups is 2. The molecule has 85 heavy (non-hydrogen) atoms. The first-order valence-corrected chi connectivity index (χ1v) is 30.1. The number of rotatable bonds is 12. The van der Waals surface area contributed by atoms with Crippen molar-refractivity contribution in [3.05, 3.63) is 11.6 Å². The SMILES string of the molecule is C[C@@H]1O[C@@H](O[C@H]2[C@H](OC(=O)[C@]34CCC(C)(C)C[C@H]3C3=CC[C@@H]5[C@@]6(C)CC[C@H](O[C@@H]7O[C@H](C(=O)O)[C@@H](O)[C@H](O)[C@H]7O)C(C)(C)[C@@H]6CC[C@@]5(C)[C@]3(C)C[C@H]4O)OC[C@@H](O)[C@@H]2O)[C@H](O)[C@H](O[C@@H]2O[C@H](CO)[C@@H](O)[C@H](O)[C@H]2O)[C@H]1O[C@@H]1OC[C@@H](O)[C@H](O)[C@H]1O. The van der Waals surface area contributed by atoms with E-state index in [1.54, 1.807) is 0 Å². The van der Waals surface area contributed by atoms with Crippen LogP contribution in [0.15, 0.2) is 11.6 Å². The summed E-state index contributed by atoms with van der Waals surface area (Å²) in [5.41, 5.74) is -2.75. The van der Waals surface area contributed by atoms with Crippen molar-refractivity contribution >= 4 is 11.9 Å². The number of hydrogen-bond donors (Lipinski definition) is 15. The number of hydrogen-bond acceptors (Lipinski definition) is 26. The van der Waals surface area contributed by atoms with Crippen molar-refractivity contribution in [1.29, 1.82) is 0 Å². The van der Waals surface area contributed by atoms with Crippen LogP contribution in [0.4, 0.5) is 0 Å². The second-order valence-electron chi connectivity index (χ2n) is 28.3. The first-order valence-electron chi connectivity index (χ1n) is 30.1. The quantitative estimate of drug-likeness (QED) is 0.0532. The number of aliphatic hydroxyl groups is 14.